The Kier molecular flexibility index (Phi) is 6.46. The van der Waals surface area contributed by atoms with Gasteiger partial charge in [0.15, 0.2) is 12.3 Å². The molecule has 1 aliphatic heterocycles. The third kappa shape index (κ3) is 5.28. The summed E-state index contributed by atoms with van der Waals surface area (Å²) in [6.45, 7) is 5.79. The van der Waals surface area contributed by atoms with Crippen molar-refractivity contribution in [2.24, 2.45) is 0 Å². The van der Waals surface area contributed by atoms with Crippen LogP contribution in [-0.2, 0) is 9.53 Å². The normalized spacial score (nSPS) is 16.9. The summed E-state index contributed by atoms with van der Waals surface area (Å²) >= 11 is 0. The molecule has 23 heavy (non-hydrogen) atoms. The van der Waals surface area contributed by atoms with Gasteiger partial charge in [0.05, 0.1) is 12.9 Å². The van der Waals surface area contributed by atoms with Gasteiger partial charge >= 0.3 is 6.09 Å². The Labute approximate surface area is 136 Å². The minimum absolute atomic E-state index is 0.0120. The molecule has 0 spiro atoms. The molecule has 0 radical (unpaired) electrons. The van der Waals surface area contributed by atoms with Crippen molar-refractivity contribution in [3.63, 3.8) is 0 Å². The van der Waals surface area contributed by atoms with Crippen molar-refractivity contribution in [2.75, 3.05) is 26.2 Å². The van der Waals surface area contributed by atoms with Crippen molar-refractivity contribution in [1.82, 2.24) is 10.2 Å². The maximum atomic E-state index is 12.0. The van der Waals surface area contributed by atoms with Crippen LogP contribution in [0.15, 0.2) is 22.8 Å². The van der Waals surface area contributed by atoms with Gasteiger partial charge in [-0.2, -0.15) is 0 Å². The lowest BCUT2D eigenvalue weighted by atomic mass is 10.1. The Morgan fingerprint density at radius 3 is 2.83 bits per heavy atom. The number of carbonyl (C=O) groups is 2. The third-order valence-corrected chi connectivity index (χ3v) is 4.03. The summed E-state index contributed by atoms with van der Waals surface area (Å²) in [5.41, 5.74) is 0. The molecule has 0 aliphatic carbocycles. The van der Waals surface area contributed by atoms with Gasteiger partial charge in [-0.1, -0.05) is 0 Å². The fourth-order valence-corrected chi connectivity index (χ4v) is 2.66. The summed E-state index contributed by atoms with van der Waals surface area (Å²) in [5.74, 6) is 0.874. The van der Waals surface area contributed by atoms with Gasteiger partial charge in [0, 0.05) is 19.1 Å². The molecule has 1 aromatic heterocycles. The first-order chi connectivity index (χ1) is 11.1. The van der Waals surface area contributed by atoms with E-state index >= 15 is 0 Å². The molecule has 2 amide bonds. The van der Waals surface area contributed by atoms with Crippen molar-refractivity contribution >= 4 is 12.0 Å². The minimum Gasteiger partial charge on any atom is -0.463 e. The molecule has 0 unspecified atom stereocenters. The zero-order valence-corrected chi connectivity index (χ0v) is 13.8. The second kappa shape index (κ2) is 8.57. The highest BCUT2D eigenvalue weighted by Crippen LogP contribution is 2.11. The Morgan fingerprint density at radius 2 is 2.22 bits per heavy atom. The van der Waals surface area contributed by atoms with E-state index in [0.717, 1.165) is 18.6 Å². The number of amides is 2. The van der Waals surface area contributed by atoms with Crippen LogP contribution < -0.4 is 10.6 Å². The molecule has 0 bridgehead atoms. The maximum absolute atomic E-state index is 12.0. The Bertz CT molecular complexity index is 495. The number of nitrogens with two attached hydrogens (primary N) is 1. The second-order valence-corrected chi connectivity index (χ2v) is 5.77. The van der Waals surface area contributed by atoms with E-state index in [4.69, 9.17) is 9.15 Å². The van der Waals surface area contributed by atoms with E-state index < -0.39 is 0 Å². The standard InChI is InChI=1S/C16H25N3O4/c1-3-22-16(21)19-8-6-13(7-9-19)18-15(20)11-17-12(2)14-5-4-10-23-14/h4-5,10,12-13,17H,3,6-9,11H2,1-2H3,(H,18,20)/p+1/t12-/m0/s1. The first-order valence-electron chi connectivity index (χ1n) is 8.18. The van der Waals surface area contributed by atoms with Crippen LogP contribution in [0.3, 0.4) is 0 Å². The zero-order chi connectivity index (χ0) is 16.7. The van der Waals surface area contributed by atoms with Gasteiger partial charge in [0.25, 0.3) is 5.91 Å². The topological polar surface area (TPSA) is 88.4 Å². The van der Waals surface area contributed by atoms with Crippen molar-refractivity contribution in [3.8, 4) is 0 Å². The van der Waals surface area contributed by atoms with Crippen molar-refractivity contribution in [2.45, 2.75) is 38.8 Å². The number of nitrogens with zero attached hydrogens (tertiary/aromatic N) is 1. The number of likely N-dealkylation sites (tertiary alicyclic amines) is 1. The first-order valence-corrected chi connectivity index (χ1v) is 8.18. The highest BCUT2D eigenvalue weighted by Gasteiger charge is 2.25. The number of furan rings is 1. The van der Waals surface area contributed by atoms with Gasteiger partial charge in [-0.05, 0) is 38.8 Å². The summed E-state index contributed by atoms with van der Waals surface area (Å²) in [6.07, 6.45) is 2.89. The van der Waals surface area contributed by atoms with Crippen LogP contribution in [0.2, 0.25) is 0 Å². The predicted octanol–water partition coefficient (Wildman–Crippen LogP) is 0.641. The fourth-order valence-electron chi connectivity index (χ4n) is 2.66. The number of quaternary nitrogens is 1. The van der Waals surface area contributed by atoms with Gasteiger partial charge in [0.2, 0.25) is 0 Å². The Balaban J connectivity index is 1.66. The number of hydrogen-bond acceptors (Lipinski definition) is 4. The third-order valence-electron chi connectivity index (χ3n) is 4.03. The van der Waals surface area contributed by atoms with Crippen LogP contribution in [-0.4, -0.2) is 49.2 Å². The van der Waals surface area contributed by atoms with Crippen LogP contribution in [0.25, 0.3) is 0 Å². The molecule has 128 valence electrons. The molecule has 2 rings (SSSR count). The highest BCUT2D eigenvalue weighted by atomic mass is 16.6. The van der Waals surface area contributed by atoms with E-state index in [1.165, 1.54) is 0 Å². The Morgan fingerprint density at radius 1 is 1.48 bits per heavy atom. The van der Waals surface area contributed by atoms with E-state index in [0.29, 0.717) is 26.2 Å². The molecule has 0 saturated carbocycles. The summed E-state index contributed by atoms with van der Waals surface area (Å²) in [4.78, 5) is 25.3. The van der Waals surface area contributed by atoms with Crippen molar-refractivity contribution in [1.29, 1.82) is 0 Å². The van der Waals surface area contributed by atoms with Gasteiger partial charge in [-0.3, -0.25) is 4.79 Å². The van der Waals surface area contributed by atoms with Crippen LogP contribution in [0, 0.1) is 0 Å². The lowest BCUT2D eigenvalue weighted by molar-refractivity contribution is -0.684. The van der Waals surface area contributed by atoms with Gasteiger partial charge in [-0.25, -0.2) is 4.79 Å². The van der Waals surface area contributed by atoms with Gasteiger partial charge in [0.1, 0.15) is 6.04 Å². The molecule has 1 aliphatic rings. The number of piperidine rings is 1. The first kappa shape index (κ1) is 17.3. The summed E-state index contributed by atoms with van der Waals surface area (Å²) in [7, 11) is 0. The number of hydrogen-bond donors (Lipinski definition) is 2. The molecular formula is C16H26N3O4+. The van der Waals surface area contributed by atoms with Gasteiger partial charge < -0.3 is 24.7 Å². The highest BCUT2D eigenvalue weighted by molar-refractivity contribution is 5.77. The minimum atomic E-state index is -0.266. The molecule has 2 heterocycles. The Hall–Kier alpha value is -2.02. The molecule has 7 heteroatoms. The summed E-state index contributed by atoms with van der Waals surface area (Å²) in [5, 5.41) is 4.98. The van der Waals surface area contributed by atoms with E-state index in [9.17, 15) is 9.59 Å². The van der Waals surface area contributed by atoms with Crippen molar-refractivity contribution < 1.29 is 24.1 Å². The van der Waals surface area contributed by atoms with E-state index in [-0.39, 0.29) is 24.1 Å². The molecule has 1 atom stereocenters. The lowest BCUT2D eigenvalue weighted by Crippen LogP contribution is -2.87. The number of nitrogens with one attached hydrogen (secondary N) is 1. The number of carbonyl (C=O) groups excluding carboxylic acids is 2. The molecule has 7 nitrogen and oxygen atoms in total. The van der Waals surface area contributed by atoms with Gasteiger partial charge in [-0.15, -0.1) is 0 Å². The average molecular weight is 324 g/mol. The summed E-state index contributed by atoms with van der Waals surface area (Å²) < 4.78 is 10.3. The largest absolute Gasteiger partial charge is 0.463 e. The summed E-state index contributed by atoms with van der Waals surface area (Å²) in [6, 6.07) is 3.99. The molecule has 1 fully saturated rings. The smallest absolute Gasteiger partial charge is 0.409 e. The van der Waals surface area contributed by atoms with Crippen LogP contribution in [0.1, 0.15) is 38.5 Å². The quantitative estimate of drug-likeness (QED) is 0.804. The fraction of sp³-hybridized carbons (Fsp3) is 0.625. The number of ether oxygens (including phenoxy) is 1. The average Bonchev–Trinajstić information content (AvgIpc) is 3.08. The van der Waals surface area contributed by atoms with E-state index in [1.807, 2.05) is 24.4 Å². The lowest BCUT2D eigenvalue weighted by Gasteiger charge is -2.31. The second-order valence-electron chi connectivity index (χ2n) is 5.77. The van der Waals surface area contributed by atoms with Crippen LogP contribution >= 0.6 is 0 Å². The molecule has 3 N–H and O–H groups in total. The molecule has 1 aromatic rings. The number of rotatable bonds is 6. The zero-order valence-electron chi connectivity index (χ0n) is 13.8. The van der Waals surface area contributed by atoms with E-state index in [2.05, 4.69) is 5.32 Å². The predicted molar refractivity (Wildman–Crippen MR) is 83.7 cm³/mol. The monoisotopic (exact) mass is 324 g/mol. The maximum Gasteiger partial charge on any atom is 0.409 e. The van der Waals surface area contributed by atoms with Crippen LogP contribution in [0.4, 0.5) is 4.79 Å². The van der Waals surface area contributed by atoms with E-state index in [1.54, 1.807) is 18.1 Å². The molecular weight excluding hydrogens is 298 g/mol. The van der Waals surface area contributed by atoms with Crippen LogP contribution in [0.5, 0.6) is 0 Å². The molecule has 1 saturated heterocycles. The molecule has 0 aromatic carbocycles. The van der Waals surface area contributed by atoms with Crippen molar-refractivity contribution in [3.05, 3.63) is 24.2 Å². The SMILES string of the molecule is CCOC(=O)N1CCC(NC(=O)C[NH2+][C@@H](C)c2ccco2)CC1.